The lowest BCUT2D eigenvalue weighted by Gasteiger charge is -2.24. The molecule has 24 heavy (non-hydrogen) atoms. The van der Waals surface area contributed by atoms with Gasteiger partial charge in [-0.15, -0.1) is 0 Å². The Kier molecular flexibility index (Phi) is 7.89. The van der Waals surface area contributed by atoms with E-state index in [4.69, 9.17) is 9.47 Å². The van der Waals surface area contributed by atoms with Crippen LogP contribution in [0.15, 0.2) is 18.2 Å². The van der Waals surface area contributed by atoms with Crippen LogP contribution in [0.2, 0.25) is 0 Å². The maximum Gasteiger partial charge on any atom is 0.221 e. The Labute approximate surface area is 145 Å². The molecule has 0 spiro atoms. The molecule has 1 aromatic carbocycles. The molecule has 1 fully saturated rings. The zero-order chi connectivity index (χ0) is 17.2. The fourth-order valence-electron chi connectivity index (χ4n) is 3.08. The average molecular weight is 334 g/mol. The van der Waals surface area contributed by atoms with Gasteiger partial charge in [-0.25, -0.2) is 0 Å². The lowest BCUT2D eigenvalue weighted by atomic mass is 10.1. The molecule has 134 valence electrons. The highest BCUT2D eigenvalue weighted by atomic mass is 16.5. The van der Waals surface area contributed by atoms with Crippen LogP contribution in [0.4, 0.5) is 0 Å². The van der Waals surface area contributed by atoms with Crippen molar-refractivity contribution < 1.29 is 14.3 Å². The predicted octanol–water partition coefficient (Wildman–Crippen LogP) is 2.98. The van der Waals surface area contributed by atoms with Crippen molar-refractivity contribution in [1.82, 2.24) is 10.2 Å². The van der Waals surface area contributed by atoms with Crippen LogP contribution in [0.1, 0.15) is 44.1 Å². The highest BCUT2D eigenvalue weighted by molar-refractivity contribution is 5.76. The highest BCUT2D eigenvalue weighted by Crippen LogP contribution is 2.27. The van der Waals surface area contributed by atoms with Crippen molar-refractivity contribution in [2.24, 2.45) is 0 Å². The van der Waals surface area contributed by atoms with Gasteiger partial charge < -0.3 is 19.7 Å². The summed E-state index contributed by atoms with van der Waals surface area (Å²) in [4.78, 5) is 14.5. The van der Waals surface area contributed by atoms with E-state index in [0.29, 0.717) is 24.5 Å². The Morgan fingerprint density at radius 3 is 2.38 bits per heavy atom. The fourth-order valence-corrected chi connectivity index (χ4v) is 3.08. The van der Waals surface area contributed by atoms with Crippen molar-refractivity contribution in [3.05, 3.63) is 23.8 Å². The van der Waals surface area contributed by atoms with Gasteiger partial charge in [-0.2, -0.15) is 0 Å². The number of hydrogen-bond donors (Lipinski definition) is 1. The first kappa shape index (κ1) is 18.6. The number of nitrogens with one attached hydrogen (secondary N) is 1. The number of benzene rings is 1. The molecule has 1 aromatic rings. The third kappa shape index (κ3) is 6.04. The fraction of sp³-hybridized carbons (Fsp3) is 0.632. The van der Waals surface area contributed by atoms with Crippen molar-refractivity contribution in [2.45, 2.75) is 45.1 Å². The molecule has 1 saturated heterocycles. The summed E-state index contributed by atoms with van der Waals surface area (Å²) in [5.74, 6) is 1.49. The maximum atomic E-state index is 12.1. The van der Waals surface area contributed by atoms with Gasteiger partial charge in [0.15, 0.2) is 11.5 Å². The molecule has 0 unspecified atom stereocenters. The number of carbonyl (C=O) groups excluding carboxylic acids is 1. The molecule has 5 heteroatoms. The number of rotatable bonds is 7. The molecule has 1 N–H and O–H groups in total. The normalized spacial score (nSPS) is 16.1. The van der Waals surface area contributed by atoms with E-state index in [1.807, 2.05) is 18.2 Å². The van der Waals surface area contributed by atoms with Crippen LogP contribution in [0.3, 0.4) is 0 Å². The zero-order valence-corrected chi connectivity index (χ0v) is 15.0. The minimum Gasteiger partial charge on any atom is -0.493 e. The number of likely N-dealkylation sites (tertiary alicyclic amines) is 1. The summed E-state index contributed by atoms with van der Waals surface area (Å²) >= 11 is 0. The number of nitrogens with zero attached hydrogens (tertiary/aromatic N) is 1. The Balaban J connectivity index is 1.74. The monoisotopic (exact) mass is 334 g/mol. The Hall–Kier alpha value is -1.75. The molecule has 2 rings (SSSR count). The van der Waals surface area contributed by atoms with E-state index in [-0.39, 0.29) is 5.91 Å². The second kappa shape index (κ2) is 10.2. The molecule has 0 atom stereocenters. The van der Waals surface area contributed by atoms with Crippen LogP contribution in [0.5, 0.6) is 11.5 Å². The molecule has 0 aromatic heterocycles. The van der Waals surface area contributed by atoms with Crippen molar-refractivity contribution in [2.75, 3.05) is 33.9 Å². The van der Waals surface area contributed by atoms with Crippen LogP contribution in [-0.2, 0) is 11.3 Å². The van der Waals surface area contributed by atoms with Crippen LogP contribution >= 0.6 is 0 Å². The van der Waals surface area contributed by atoms with Crippen molar-refractivity contribution in [1.29, 1.82) is 0 Å². The molecule has 1 amide bonds. The quantitative estimate of drug-likeness (QED) is 0.833. The van der Waals surface area contributed by atoms with Gasteiger partial charge in [0.2, 0.25) is 5.91 Å². The first-order chi connectivity index (χ1) is 11.7. The first-order valence-corrected chi connectivity index (χ1v) is 8.93. The number of ether oxygens (including phenoxy) is 2. The van der Waals surface area contributed by atoms with E-state index in [9.17, 15) is 4.79 Å². The van der Waals surface area contributed by atoms with Gasteiger partial charge in [-0.05, 0) is 43.6 Å². The summed E-state index contributed by atoms with van der Waals surface area (Å²) in [6.07, 6.45) is 7.08. The van der Waals surface area contributed by atoms with E-state index in [2.05, 4.69) is 10.2 Å². The van der Waals surface area contributed by atoms with Crippen LogP contribution in [-0.4, -0.2) is 44.7 Å². The molecule has 5 nitrogen and oxygen atoms in total. The van der Waals surface area contributed by atoms with E-state index in [1.165, 1.54) is 32.1 Å². The lowest BCUT2D eigenvalue weighted by Crippen LogP contribution is -2.32. The summed E-state index contributed by atoms with van der Waals surface area (Å²) in [7, 11) is 3.23. The largest absolute Gasteiger partial charge is 0.493 e. The predicted molar refractivity (Wildman–Crippen MR) is 95.5 cm³/mol. The Morgan fingerprint density at radius 1 is 1.04 bits per heavy atom. The van der Waals surface area contributed by atoms with Gasteiger partial charge in [0.05, 0.1) is 14.2 Å². The van der Waals surface area contributed by atoms with E-state index in [1.54, 1.807) is 14.2 Å². The molecule has 0 radical (unpaired) electrons. The van der Waals surface area contributed by atoms with Gasteiger partial charge in [0, 0.05) is 19.5 Å². The Bertz CT molecular complexity index is 511. The number of amides is 1. The summed E-state index contributed by atoms with van der Waals surface area (Å²) in [5, 5.41) is 2.99. The smallest absolute Gasteiger partial charge is 0.221 e. The van der Waals surface area contributed by atoms with Crippen molar-refractivity contribution >= 4 is 5.91 Å². The van der Waals surface area contributed by atoms with Crippen molar-refractivity contribution in [3.8, 4) is 11.5 Å². The highest BCUT2D eigenvalue weighted by Gasteiger charge is 2.11. The Morgan fingerprint density at radius 2 is 1.71 bits per heavy atom. The zero-order valence-electron chi connectivity index (χ0n) is 15.0. The molecular formula is C19H30N2O3. The van der Waals surface area contributed by atoms with Crippen LogP contribution in [0, 0.1) is 0 Å². The molecule has 1 heterocycles. The van der Waals surface area contributed by atoms with Gasteiger partial charge in [0.1, 0.15) is 0 Å². The summed E-state index contributed by atoms with van der Waals surface area (Å²) < 4.78 is 10.5. The molecule has 0 saturated carbocycles. The van der Waals surface area contributed by atoms with Gasteiger partial charge in [-0.3, -0.25) is 4.79 Å². The first-order valence-electron chi connectivity index (χ1n) is 8.93. The topological polar surface area (TPSA) is 50.8 Å². The summed E-state index contributed by atoms with van der Waals surface area (Å²) in [6, 6.07) is 5.71. The average Bonchev–Trinajstić information content (AvgIpc) is 2.58. The molecule has 0 bridgehead atoms. The number of carbonyl (C=O) groups is 1. The second-order valence-electron chi connectivity index (χ2n) is 6.33. The number of methoxy groups -OCH3 is 2. The molecule has 0 aliphatic carbocycles. The molecule has 1 aliphatic heterocycles. The van der Waals surface area contributed by atoms with Gasteiger partial charge in [-0.1, -0.05) is 25.3 Å². The third-order valence-electron chi connectivity index (χ3n) is 4.54. The van der Waals surface area contributed by atoms with Gasteiger partial charge >= 0.3 is 0 Å². The minimum atomic E-state index is 0.104. The standard InChI is InChI=1S/C19H30N2O3/c1-23-17-9-8-16(14-18(17)24-2)15-20-19(22)10-13-21-11-6-4-3-5-7-12-21/h8-9,14H,3-7,10-13,15H2,1-2H3,(H,20,22). The van der Waals surface area contributed by atoms with Crippen LogP contribution in [0.25, 0.3) is 0 Å². The second-order valence-corrected chi connectivity index (χ2v) is 6.33. The van der Waals surface area contributed by atoms with E-state index in [0.717, 1.165) is 25.2 Å². The summed E-state index contributed by atoms with van der Waals surface area (Å²) in [6.45, 7) is 3.63. The molecular weight excluding hydrogens is 304 g/mol. The van der Waals surface area contributed by atoms with E-state index >= 15 is 0 Å². The lowest BCUT2D eigenvalue weighted by molar-refractivity contribution is -0.121. The maximum absolute atomic E-state index is 12.1. The van der Waals surface area contributed by atoms with Crippen molar-refractivity contribution in [3.63, 3.8) is 0 Å². The molecule has 1 aliphatic rings. The SMILES string of the molecule is COc1ccc(CNC(=O)CCN2CCCCCCC2)cc1OC. The third-order valence-corrected chi connectivity index (χ3v) is 4.54. The summed E-state index contributed by atoms with van der Waals surface area (Å²) in [5.41, 5.74) is 1.01. The number of hydrogen-bond acceptors (Lipinski definition) is 4. The van der Waals surface area contributed by atoms with E-state index < -0.39 is 0 Å². The van der Waals surface area contributed by atoms with Gasteiger partial charge in [0.25, 0.3) is 0 Å². The minimum absolute atomic E-state index is 0.104. The van der Waals surface area contributed by atoms with Crippen LogP contribution < -0.4 is 14.8 Å².